The second-order valence-corrected chi connectivity index (χ2v) is 6.54. The third-order valence-electron chi connectivity index (χ3n) is 2.50. The minimum absolute atomic E-state index is 0.324. The molecule has 0 radical (unpaired) electrons. The predicted molar refractivity (Wildman–Crippen MR) is 79.9 cm³/mol. The summed E-state index contributed by atoms with van der Waals surface area (Å²) in [5.74, 6) is -0.324. The molecule has 0 unspecified atom stereocenters. The second kappa shape index (κ2) is 5.47. The van der Waals surface area contributed by atoms with E-state index in [0.717, 1.165) is 9.21 Å². The van der Waals surface area contributed by atoms with Gasteiger partial charge in [0.25, 0.3) is 0 Å². The van der Waals surface area contributed by atoms with Gasteiger partial charge in [-0.15, -0.1) is 11.3 Å². The number of nitrogen functional groups attached to an aromatic ring is 1. The van der Waals surface area contributed by atoms with Crippen LogP contribution >= 0.6 is 38.9 Å². The van der Waals surface area contributed by atoms with E-state index >= 15 is 0 Å². The van der Waals surface area contributed by atoms with Gasteiger partial charge in [0.15, 0.2) is 0 Å². The maximum atomic E-state index is 13.5. The molecule has 2 rings (SSSR count). The van der Waals surface area contributed by atoms with Crippen LogP contribution in [0.4, 0.5) is 15.8 Å². The Morgan fingerprint density at radius 1 is 1.44 bits per heavy atom. The zero-order valence-corrected chi connectivity index (χ0v) is 12.7. The molecule has 1 aromatic heterocycles. The molecule has 1 heterocycles. The Morgan fingerprint density at radius 3 is 2.78 bits per heavy atom. The van der Waals surface area contributed by atoms with Gasteiger partial charge < -0.3 is 10.6 Å². The fourth-order valence-corrected chi connectivity index (χ4v) is 3.14. The molecule has 0 saturated carbocycles. The van der Waals surface area contributed by atoms with Crippen LogP contribution in [0.2, 0.25) is 4.34 Å². The zero-order valence-electron chi connectivity index (χ0n) is 9.58. The van der Waals surface area contributed by atoms with Crippen LogP contribution in [0.25, 0.3) is 0 Å². The van der Waals surface area contributed by atoms with Gasteiger partial charge in [-0.25, -0.2) is 4.39 Å². The molecule has 0 aliphatic heterocycles. The van der Waals surface area contributed by atoms with Gasteiger partial charge in [-0.05, 0) is 34.1 Å². The normalized spacial score (nSPS) is 10.7. The van der Waals surface area contributed by atoms with E-state index in [9.17, 15) is 4.39 Å². The molecule has 0 bridgehead atoms. The Balaban J connectivity index is 2.23. The molecule has 6 heteroatoms. The number of halogens is 3. The minimum atomic E-state index is -0.324. The molecule has 0 spiro atoms. The fourth-order valence-electron chi connectivity index (χ4n) is 1.64. The molecule has 0 fully saturated rings. The molecule has 0 aliphatic rings. The number of hydrogen-bond donors (Lipinski definition) is 1. The molecule has 18 heavy (non-hydrogen) atoms. The molecule has 0 atom stereocenters. The Kier molecular flexibility index (Phi) is 4.14. The lowest BCUT2D eigenvalue weighted by Gasteiger charge is -2.20. The van der Waals surface area contributed by atoms with E-state index in [0.29, 0.717) is 22.4 Å². The summed E-state index contributed by atoms with van der Waals surface area (Å²) < 4.78 is 14.6. The number of thiophene rings is 1. The summed E-state index contributed by atoms with van der Waals surface area (Å²) in [6.45, 7) is 0.642. The van der Waals surface area contributed by atoms with Crippen LogP contribution in [0.3, 0.4) is 0 Å². The van der Waals surface area contributed by atoms with Crippen molar-refractivity contribution < 1.29 is 4.39 Å². The van der Waals surface area contributed by atoms with Crippen molar-refractivity contribution in [3.05, 3.63) is 43.8 Å². The van der Waals surface area contributed by atoms with E-state index in [1.54, 1.807) is 6.07 Å². The third-order valence-corrected chi connectivity index (χ3v) is 4.33. The molecule has 0 saturated heterocycles. The van der Waals surface area contributed by atoms with Gasteiger partial charge in [0.05, 0.1) is 26.7 Å². The van der Waals surface area contributed by atoms with E-state index in [1.807, 2.05) is 24.1 Å². The lowest BCUT2D eigenvalue weighted by atomic mass is 10.2. The van der Waals surface area contributed by atoms with Crippen LogP contribution < -0.4 is 10.6 Å². The van der Waals surface area contributed by atoms with Crippen molar-refractivity contribution in [2.45, 2.75) is 6.54 Å². The molecule has 0 aliphatic carbocycles. The van der Waals surface area contributed by atoms with Crippen molar-refractivity contribution in [2.75, 3.05) is 17.7 Å². The average Bonchev–Trinajstić information content (AvgIpc) is 2.69. The molecule has 2 N–H and O–H groups in total. The molecule has 96 valence electrons. The van der Waals surface area contributed by atoms with Gasteiger partial charge in [0.1, 0.15) is 5.82 Å². The van der Waals surface area contributed by atoms with E-state index in [1.165, 1.54) is 17.4 Å². The number of anilines is 2. The highest BCUT2D eigenvalue weighted by molar-refractivity contribution is 9.10. The third kappa shape index (κ3) is 2.96. The summed E-state index contributed by atoms with van der Waals surface area (Å²) in [4.78, 5) is 3.00. The number of rotatable bonds is 3. The highest BCUT2D eigenvalue weighted by Crippen LogP contribution is 2.31. The van der Waals surface area contributed by atoms with Crippen LogP contribution in [0.15, 0.2) is 28.7 Å². The monoisotopic (exact) mass is 348 g/mol. The smallest absolute Gasteiger partial charge is 0.139 e. The summed E-state index contributed by atoms with van der Waals surface area (Å²) >= 11 is 10.5. The van der Waals surface area contributed by atoms with Gasteiger partial charge in [0, 0.05) is 18.0 Å². The predicted octanol–water partition coefficient (Wildman–Crippen LogP) is 4.52. The lowest BCUT2D eigenvalue weighted by Crippen LogP contribution is -2.17. The Morgan fingerprint density at radius 2 is 2.17 bits per heavy atom. The summed E-state index contributed by atoms with van der Waals surface area (Å²) in [6, 6.07) is 6.80. The largest absolute Gasteiger partial charge is 0.397 e. The van der Waals surface area contributed by atoms with Crippen molar-refractivity contribution in [3.63, 3.8) is 0 Å². The molecule has 1 aromatic carbocycles. The number of benzene rings is 1. The van der Waals surface area contributed by atoms with Gasteiger partial charge in [0.2, 0.25) is 0 Å². The number of nitrogens with zero attached hydrogens (tertiary/aromatic N) is 1. The molecule has 0 amide bonds. The zero-order chi connectivity index (χ0) is 13.3. The van der Waals surface area contributed by atoms with Gasteiger partial charge in [-0.3, -0.25) is 0 Å². The minimum Gasteiger partial charge on any atom is -0.397 e. The van der Waals surface area contributed by atoms with Gasteiger partial charge in [-0.1, -0.05) is 11.6 Å². The van der Waals surface area contributed by atoms with Gasteiger partial charge in [-0.2, -0.15) is 0 Å². The van der Waals surface area contributed by atoms with Crippen LogP contribution in [0, 0.1) is 5.82 Å². The molecular formula is C12H11BrClFN2S. The average molecular weight is 350 g/mol. The van der Waals surface area contributed by atoms with Crippen molar-refractivity contribution in [1.82, 2.24) is 0 Å². The van der Waals surface area contributed by atoms with Crippen molar-refractivity contribution in [1.29, 1.82) is 0 Å². The first kappa shape index (κ1) is 13.6. The fraction of sp³-hybridized carbons (Fsp3) is 0.167. The van der Waals surface area contributed by atoms with E-state index < -0.39 is 0 Å². The van der Waals surface area contributed by atoms with Crippen molar-refractivity contribution in [2.24, 2.45) is 0 Å². The molecular weight excluding hydrogens is 339 g/mol. The van der Waals surface area contributed by atoms with E-state index in [4.69, 9.17) is 17.3 Å². The Hall–Kier alpha value is -0.780. The highest BCUT2D eigenvalue weighted by atomic mass is 79.9. The first-order valence-corrected chi connectivity index (χ1v) is 7.16. The topological polar surface area (TPSA) is 29.3 Å². The standard InChI is InChI=1S/C12H11BrClFN2S/c1-17(6-7-2-3-12(14)18-7)11-5-9(15)8(13)4-10(11)16/h2-5H,6,16H2,1H3. The molecule has 2 nitrogen and oxygen atoms in total. The first-order valence-electron chi connectivity index (χ1n) is 5.17. The van der Waals surface area contributed by atoms with Crippen LogP contribution in [0.1, 0.15) is 4.88 Å². The summed E-state index contributed by atoms with van der Waals surface area (Å²) in [6.07, 6.45) is 0. The molecule has 2 aromatic rings. The quantitative estimate of drug-likeness (QED) is 0.825. The SMILES string of the molecule is CN(Cc1ccc(Cl)s1)c1cc(F)c(Br)cc1N. The lowest BCUT2D eigenvalue weighted by molar-refractivity contribution is 0.621. The van der Waals surface area contributed by atoms with Crippen LogP contribution in [-0.4, -0.2) is 7.05 Å². The van der Waals surface area contributed by atoms with Crippen LogP contribution in [0.5, 0.6) is 0 Å². The summed E-state index contributed by atoms with van der Waals surface area (Å²) in [5, 5.41) is 0. The second-order valence-electron chi connectivity index (χ2n) is 3.89. The van der Waals surface area contributed by atoms with E-state index in [2.05, 4.69) is 15.9 Å². The van der Waals surface area contributed by atoms with Crippen molar-refractivity contribution >= 4 is 50.2 Å². The Bertz CT molecular complexity index is 573. The van der Waals surface area contributed by atoms with E-state index in [-0.39, 0.29) is 5.82 Å². The maximum Gasteiger partial charge on any atom is 0.139 e. The summed E-state index contributed by atoms with van der Waals surface area (Å²) in [7, 11) is 1.87. The highest BCUT2D eigenvalue weighted by Gasteiger charge is 2.11. The number of nitrogens with two attached hydrogens (primary N) is 1. The summed E-state index contributed by atoms with van der Waals surface area (Å²) in [5.41, 5.74) is 7.09. The van der Waals surface area contributed by atoms with Gasteiger partial charge >= 0.3 is 0 Å². The van der Waals surface area contributed by atoms with Crippen molar-refractivity contribution in [3.8, 4) is 0 Å². The number of hydrogen-bond acceptors (Lipinski definition) is 3. The Labute approximate surface area is 122 Å². The maximum absolute atomic E-state index is 13.5. The first-order chi connectivity index (χ1) is 8.47. The van der Waals surface area contributed by atoms with Crippen LogP contribution in [-0.2, 0) is 6.54 Å².